The molecule has 1 saturated heterocycles. The van der Waals surface area contributed by atoms with Crippen molar-refractivity contribution in [2.24, 2.45) is 0 Å². The predicted octanol–water partition coefficient (Wildman–Crippen LogP) is 4.44. The molecule has 2 N–H and O–H groups in total. The number of hydrogen-bond acceptors (Lipinski definition) is 6. The molecule has 0 unspecified atom stereocenters. The number of halogens is 4. The number of aromatic nitrogens is 1. The molecule has 37 heavy (non-hydrogen) atoms. The Morgan fingerprint density at radius 3 is 2.49 bits per heavy atom. The van der Waals surface area contributed by atoms with Gasteiger partial charge in [0.2, 0.25) is 0 Å². The molecule has 2 aromatic carbocycles. The summed E-state index contributed by atoms with van der Waals surface area (Å²) in [6, 6.07) is 10.00. The highest BCUT2D eigenvalue weighted by atomic mass is 127. The summed E-state index contributed by atoms with van der Waals surface area (Å²) in [5.41, 5.74) is -0.592. The van der Waals surface area contributed by atoms with Gasteiger partial charge < -0.3 is 20.3 Å². The van der Waals surface area contributed by atoms with Crippen molar-refractivity contribution in [1.29, 1.82) is 0 Å². The first-order valence-corrected chi connectivity index (χ1v) is 12.5. The van der Waals surface area contributed by atoms with E-state index in [1.165, 1.54) is 24.0 Å². The van der Waals surface area contributed by atoms with E-state index in [1.807, 2.05) is 34.7 Å². The fourth-order valence-corrected chi connectivity index (χ4v) is 4.61. The number of ether oxygens (including phenoxy) is 1. The summed E-state index contributed by atoms with van der Waals surface area (Å²) in [6.07, 6.45) is 4.15. The number of anilines is 2. The first-order chi connectivity index (χ1) is 17.7. The number of nitrogens with zero attached hydrogens (tertiary/aromatic N) is 2. The number of likely N-dealkylation sites (tertiary alicyclic amines) is 1. The molecule has 0 spiro atoms. The maximum atomic E-state index is 14.8. The van der Waals surface area contributed by atoms with Gasteiger partial charge >= 0.3 is 5.97 Å². The standard InChI is InChI=1S/C26H24F3IN4O3/c1-16(35)37-26(13-32-11-8-17-6-9-31-10-7-17)14-34(15-26)25(36)19-3-4-20(27)23(29)24(19)33-22-5-2-18(30)12-21(22)28/h2-7,9-10,12,32-33H,8,11,13-15H2,1H3. The largest absolute Gasteiger partial charge is 0.454 e. The third-order valence-electron chi connectivity index (χ3n) is 5.91. The van der Waals surface area contributed by atoms with Crippen LogP contribution in [0, 0.1) is 21.0 Å². The van der Waals surface area contributed by atoms with Crippen molar-refractivity contribution >= 4 is 45.8 Å². The zero-order valence-electron chi connectivity index (χ0n) is 19.9. The molecular formula is C26H24F3IN4O3. The number of carbonyl (C=O) groups is 2. The highest BCUT2D eigenvalue weighted by Crippen LogP contribution is 2.33. The lowest BCUT2D eigenvalue weighted by Gasteiger charge is -2.49. The molecule has 1 aromatic heterocycles. The molecule has 4 rings (SSSR count). The van der Waals surface area contributed by atoms with Crippen LogP contribution < -0.4 is 10.6 Å². The van der Waals surface area contributed by atoms with Crippen molar-refractivity contribution in [1.82, 2.24) is 15.2 Å². The topological polar surface area (TPSA) is 83.6 Å². The molecule has 1 amide bonds. The maximum Gasteiger partial charge on any atom is 0.303 e. The van der Waals surface area contributed by atoms with Gasteiger partial charge in [-0.15, -0.1) is 0 Å². The van der Waals surface area contributed by atoms with E-state index >= 15 is 0 Å². The maximum absolute atomic E-state index is 14.8. The molecule has 1 aliphatic heterocycles. The molecule has 0 bridgehead atoms. The van der Waals surface area contributed by atoms with Crippen LogP contribution in [-0.2, 0) is 16.0 Å². The third kappa shape index (κ3) is 6.39. The van der Waals surface area contributed by atoms with Gasteiger partial charge in [0.1, 0.15) is 5.82 Å². The van der Waals surface area contributed by atoms with E-state index in [-0.39, 0.29) is 24.3 Å². The van der Waals surface area contributed by atoms with E-state index in [0.717, 1.165) is 24.1 Å². The van der Waals surface area contributed by atoms with Crippen molar-refractivity contribution < 1.29 is 27.5 Å². The van der Waals surface area contributed by atoms with Crippen LogP contribution in [0.4, 0.5) is 24.5 Å². The Morgan fingerprint density at radius 2 is 1.81 bits per heavy atom. The third-order valence-corrected chi connectivity index (χ3v) is 6.58. The van der Waals surface area contributed by atoms with Crippen molar-refractivity contribution in [3.05, 3.63) is 87.0 Å². The Morgan fingerprint density at radius 1 is 1.08 bits per heavy atom. The minimum absolute atomic E-state index is 0.0595. The zero-order valence-corrected chi connectivity index (χ0v) is 22.0. The van der Waals surface area contributed by atoms with Crippen molar-refractivity contribution in [2.75, 3.05) is 31.5 Å². The molecule has 0 atom stereocenters. The summed E-state index contributed by atoms with van der Waals surface area (Å²) < 4.78 is 49.3. The molecule has 1 fully saturated rings. The molecule has 3 aromatic rings. The lowest BCUT2D eigenvalue weighted by atomic mass is 9.92. The number of benzene rings is 2. The van der Waals surface area contributed by atoms with Gasteiger partial charge in [0.15, 0.2) is 17.2 Å². The van der Waals surface area contributed by atoms with Crippen LogP contribution in [0.2, 0.25) is 0 Å². The van der Waals surface area contributed by atoms with Gasteiger partial charge in [0.05, 0.1) is 30.0 Å². The molecule has 11 heteroatoms. The fourth-order valence-electron chi connectivity index (χ4n) is 4.16. The van der Waals surface area contributed by atoms with Crippen LogP contribution in [0.15, 0.2) is 54.9 Å². The SMILES string of the molecule is CC(=O)OC1(CNCCc2ccncc2)CN(C(=O)c2ccc(F)c(F)c2Nc2ccc(I)cc2F)C1. The normalized spacial score (nSPS) is 14.1. The minimum Gasteiger partial charge on any atom is -0.454 e. The van der Waals surface area contributed by atoms with Crippen molar-refractivity contribution in [3.8, 4) is 0 Å². The molecule has 0 radical (unpaired) electrons. The highest BCUT2D eigenvalue weighted by molar-refractivity contribution is 14.1. The fraction of sp³-hybridized carbons (Fsp3) is 0.269. The Labute approximate surface area is 225 Å². The van der Waals surface area contributed by atoms with Gasteiger partial charge in [0.25, 0.3) is 5.91 Å². The van der Waals surface area contributed by atoms with Crippen molar-refractivity contribution in [3.63, 3.8) is 0 Å². The van der Waals surface area contributed by atoms with Crippen LogP contribution in [0.5, 0.6) is 0 Å². The van der Waals surface area contributed by atoms with Gasteiger partial charge in [-0.1, -0.05) is 0 Å². The second-order valence-corrected chi connectivity index (χ2v) is 10.00. The Balaban J connectivity index is 1.46. The average molecular weight is 624 g/mol. The van der Waals surface area contributed by atoms with Gasteiger partial charge in [-0.2, -0.15) is 0 Å². The highest BCUT2D eigenvalue weighted by Gasteiger charge is 2.48. The first-order valence-electron chi connectivity index (χ1n) is 11.5. The summed E-state index contributed by atoms with van der Waals surface area (Å²) in [5.74, 6) is -4.25. The van der Waals surface area contributed by atoms with Gasteiger partial charge in [0, 0.05) is 29.4 Å². The van der Waals surface area contributed by atoms with Gasteiger partial charge in [-0.3, -0.25) is 14.6 Å². The molecule has 1 aliphatic rings. The van der Waals surface area contributed by atoms with E-state index in [2.05, 4.69) is 15.6 Å². The van der Waals surface area contributed by atoms with Crippen LogP contribution in [0.3, 0.4) is 0 Å². The van der Waals surface area contributed by atoms with Crippen molar-refractivity contribution in [2.45, 2.75) is 18.9 Å². The number of rotatable bonds is 9. The smallest absolute Gasteiger partial charge is 0.303 e. The van der Waals surface area contributed by atoms with E-state index in [1.54, 1.807) is 18.5 Å². The summed E-state index contributed by atoms with van der Waals surface area (Å²) in [4.78, 5) is 30.4. The van der Waals surface area contributed by atoms with E-state index in [0.29, 0.717) is 16.7 Å². The number of amides is 1. The van der Waals surface area contributed by atoms with E-state index in [4.69, 9.17) is 4.74 Å². The van der Waals surface area contributed by atoms with Crippen LogP contribution in [-0.4, -0.2) is 53.5 Å². The monoisotopic (exact) mass is 624 g/mol. The molecule has 7 nitrogen and oxygen atoms in total. The summed E-state index contributed by atoms with van der Waals surface area (Å²) in [6.45, 7) is 2.32. The molecule has 194 valence electrons. The van der Waals surface area contributed by atoms with Crippen LogP contribution in [0.1, 0.15) is 22.8 Å². The van der Waals surface area contributed by atoms with Crippen LogP contribution in [0.25, 0.3) is 0 Å². The number of nitrogens with one attached hydrogen (secondary N) is 2. The minimum atomic E-state index is -1.30. The molecular weight excluding hydrogens is 600 g/mol. The summed E-state index contributed by atoms with van der Waals surface area (Å²) >= 11 is 1.92. The average Bonchev–Trinajstić information content (AvgIpc) is 2.84. The number of pyridine rings is 1. The number of hydrogen-bond donors (Lipinski definition) is 2. The van der Waals surface area contributed by atoms with E-state index in [9.17, 15) is 22.8 Å². The first kappa shape index (κ1) is 26.9. The molecule has 2 heterocycles. The Bertz CT molecular complexity index is 1300. The Hall–Kier alpha value is -3.19. The number of carbonyl (C=O) groups excluding carboxylic acids is 2. The summed E-state index contributed by atoms with van der Waals surface area (Å²) in [5, 5.41) is 5.78. The number of esters is 1. The zero-order chi connectivity index (χ0) is 26.6. The van der Waals surface area contributed by atoms with E-state index < -0.39 is 40.6 Å². The molecule has 0 aliphatic carbocycles. The Kier molecular flexibility index (Phi) is 8.32. The molecule has 0 saturated carbocycles. The van der Waals surface area contributed by atoms with Gasteiger partial charge in [-0.05, 0) is 83.6 Å². The van der Waals surface area contributed by atoms with Crippen LogP contribution >= 0.6 is 22.6 Å². The lowest BCUT2D eigenvalue weighted by Crippen LogP contribution is -2.69. The second-order valence-electron chi connectivity index (χ2n) is 8.75. The summed E-state index contributed by atoms with van der Waals surface area (Å²) in [7, 11) is 0. The second kappa shape index (κ2) is 11.5. The predicted molar refractivity (Wildman–Crippen MR) is 140 cm³/mol. The quantitative estimate of drug-likeness (QED) is 0.208. The lowest BCUT2D eigenvalue weighted by molar-refractivity contribution is -0.172. The van der Waals surface area contributed by atoms with Gasteiger partial charge in [-0.25, -0.2) is 13.2 Å².